The van der Waals surface area contributed by atoms with Crippen molar-refractivity contribution in [2.24, 2.45) is 11.7 Å². The largest absolute Gasteiger partial charge is 0.497 e. The summed E-state index contributed by atoms with van der Waals surface area (Å²) in [5.41, 5.74) is 7.42. The molecule has 0 aromatic heterocycles. The lowest BCUT2D eigenvalue weighted by atomic mass is 9.81. The van der Waals surface area contributed by atoms with Crippen molar-refractivity contribution in [3.05, 3.63) is 23.8 Å². The molecular formula is C16H23NO2. The molecule has 1 fully saturated rings. The van der Waals surface area contributed by atoms with Crippen LogP contribution in [0.1, 0.15) is 50.1 Å². The lowest BCUT2D eigenvalue weighted by molar-refractivity contribution is 0.0783. The zero-order valence-electron chi connectivity index (χ0n) is 11.6. The molecule has 104 valence electrons. The van der Waals surface area contributed by atoms with Crippen LogP contribution >= 0.6 is 0 Å². The van der Waals surface area contributed by atoms with Crippen LogP contribution in [0.4, 0.5) is 0 Å². The van der Waals surface area contributed by atoms with Gasteiger partial charge in [-0.25, -0.2) is 0 Å². The fourth-order valence-corrected chi connectivity index (χ4v) is 3.43. The van der Waals surface area contributed by atoms with Gasteiger partial charge in [-0.3, -0.25) is 0 Å². The minimum atomic E-state index is 0.0748. The van der Waals surface area contributed by atoms with Crippen molar-refractivity contribution in [1.29, 1.82) is 0 Å². The van der Waals surface area contributed by atoms with Crippen LogP contribution in [0.5, 0.6) is 11.5 Å². The second-order valence-electron chi connectivity index (χ2n) is 5.80. The summed E-state index contributed by atoms with van der Waals surface area (Å²) in [4.78, 5) is 0. The molecule has 2 N–H and O–H groups in total. The molecule has 0 bridgehead atoms. The summed E-state index contributed by atoms with van der Waals surface area (Å²) in [5, 5.41) is 0. The van der Waals surface area contributed by atoms with E-state index in [-0.39, 0.29) is 6.04 Å². The van der Waals surface area contributed by atoms with Crippen molar-refractivity contribution in [1.82, 2.24) is 0 Å². The molecule has 0 radical (unpaired) electrons. The van der Waals surface area contributed by atoms with Gasteiger partial charge in [-0.15, -0.1) is 0 Å². The molecule has 1 aliphatic heterocycles. The first kappa shape index (κ1) is 12.8. The Balaban J connectivity index is 1.79. The first-order valence-corrected chi connectivity index (χ1v) is 7.38. The van der Waals surface area contributed by atoms with Gasteiger partial charge in [0.15, 0.2) is 0 Å². The van der Waals surface area contributed by atoms with Crippen LogP contribution in [-0.2, 0) is 0 Å². The zero-order valence-corrected chi connectivity index (χ0v) is 11.6. The van der Waals surface area contributed by atoms with Crippen molar-refractivity contribution in [3.8, 4) is 11.5 Å². The van der Waals surface area contributed by atoms with Gasteiger partial charge in [-0.05, 0) is 37.0 Å². The average Bonchev–Trinajstić information content (AvgIpc) is 2.48. The van der Waals surface area contributed by atoms with E-state index in [2.05, 4.69) is 0 Å². The number of benzene rings is 1. The second kappa shape index (κ2) is 5.41. The third-order valence-corrected chi connectivity index (χ3v) is 4.56. The van der Waals surface area contributed by atoms with Crippen LogP contribution in [0, 0.1) is 5.92 Å². The Morgan fingerprint density at radius 1 is 1.21 bits per heavy atom. The Hall–Kier alpha value is -1.22. The Labute approximate surface area is 115 Å². The number of methoxy groups -OCH3 is 1. The smallest absolute Gasteiger partial charge is 0.124 e. The van der Waals surface area contributed by atoms with Gasteiger partial charge >= 0.3 is 0 Å². The Bertz CT molecular complexity index is 440. The summed E-state index contributed by atoms with van der Waals surface area (Å²) in [6.07, 6.45) is 7.89. The van der Waals surface area contributed by atoms with Crippen molar-refractivity contribution < 1.29 is 9.47 Å². The average molecular weight is 261 g/mol. The molecule has 1 unspecified atom stereocenters. The van der Waals surface area contributed by atoms with Crippen molar-refractivity contribution in [3.63, 3.8) is 0 Å². The Kier molecular flexibility index (Phi) is 3.65. The highest BCUT2D eigenvalue weighted by Gasteiger charge is 2.32. The highest BCUT2D eigenvalue weighted by atomic mass is 16.5. The number of nitrogens with two attached hydrogens (primary N) is 1. The highest BCUT2D eigenvalue weighted by Crippen LogP contribution is 2.40. The Morgan fingerprint density at radius 3 is 2.74 bits per heavy atom. The van der Waals surface area contributed by atoms with Crippen LogP contribution in [0.15, 0.2) is 18.2 Å². The normalized spacial score (nSPS) is 27.5. The summed E-state index contributed by atoms with van der Waals surface area (Å²) in [6, 6.07) is 6.04. The van der Waals surface area contributed by atoms with E-state index in [1.54, 1.807) is 7.11 Å². The molecule has 3 heteroatoms. The van der Waals surface area contributed by atoms with E-state index in [0.717, 1.165) is 23.5 Å². The van der Waals surface area contributed by atoms with Gasteiger partial charge < -0.3 is 15.2 Å². The van der Waals surface area contributed by atoms with Gasteiger partial charge in [0, 0.05) is 18.0 Å². The minimum Gasteiger partial charge on any atom is -0.497 e. The molecule has 19 heavy (non-hydrogen) atoms. The number of rotatable bonds is 2. The van der Waals surface area contributed by atoms with Crippen molar-refractivity contribution >= 4 is 0 Å². The number of fused-ring (bicyclic) bond motifs is 1. The first-order valence-electron chi connectivity index (χ1n) is 7.38. The number of ether oxygens (including phenoxy) is 2. The van der Waals surface area contributed by atoms with E-state index >= 15 is 0 Å². The van der Waals surface area contributed by atoms with Crippen LogP contribution < -0.4 is 15.2 Å². The van der Waals surface area contributed by atoms with Gasteiger partial charge in [0.05, 0.1) is 7.11 Å². The molecule has 0 spiro atoms. The minimum absolute atomic E-state index is 0.0748. The summed E-state index contributed by atoms with van der Waals surface area (Å²) >= 11 is 0. The summed E-state index contributed by atoms with van der Waals surface area (Å²) in [6.45, 7) is 0. The fourth-order valence-electron chi connectivity index (χ4n) is 3.43. The maximum absolute atomic E-state index is 6.33. The van der Waals surface area contributed by atoms with Gasteiger partial charge in [0.1, 0.15) is 17.6 Å². The van der Waals surface area contributed by atoms with E-state index in [4.69, 9.17) is 15.2 Å². The first-order chi connectivity index (χ1) is 9.28. The molecule has 1 aromatic rings. The van der Waals surface area contributed by atoms with E-state index in [1.165, 1.54) is 32.1 Å². The molecule has 1 saturated carbocycles. The van der Waals surface area contributed by atoms with Gasteiger partial charge in [-0.2, -0.15) is 0 Å². The van der Waals surface area contributed by atoms with Crippen LogP contribution in [0.2, 0.25) is 0 Å². The molecule has 0 saturated heterocycles. The number of hydrogen-bond acceptors (Lipinski definition) is 3. The SMILES string of the molecule is COc1ccc2c(c1)[C@@H](N)CC(C1CCCCC1)O2. The molecule has 2 aliphatic rings. The summed E-state index contributed by atoms with van der Waals surface area (Å²) < 4.78 is 11.5. The highest BCUT2D eigenvalue weighted by molar-refractivity contribution is 5.43. The molecule has 2 atom stereocenters. The standard InChI is InChI=1S/C16H23NO2/c1-18-12-7-8-15-13(9-12)14(17)10-16(19-15)11-5-3-2-4-6-11/h7-9,11,14,16H,2-6,10,17H2,1H3/t14-,16?/m0/s1. The van der Waals surface area contributed by atoms with E-state index in [0.29, 0.717) is 12.0 Å². The molecular weight excluding hydrogens is 238 g/mol. The molecule has 1 heterocycles. The van der Waals surface area contributed by atoms with Gasteiger partial charge in [0.2, 0.25) is 0 Å². The second-order valence-corrected chi connectivity index (χ2v) is 5.80. The zero-order chi connectivity index (χ0) is 13.2. The third-order valence-electron chi connectivity index (χ3n) is 4.56. The molecule has 0 amide bonds. The Morgan fingerprint density at radius 2 is 2.00 bits per heavy atom. The predicted octanol–water partition coefficient (Wildman–Crippen LogP) is 3.43. The van der Waals surface area contributed by atoms with Crippen LogP contribution in [-0.4, -0.2) is 13.2 Å². The van der Waals surface area contributed by atoms with E-state index in [1.807, 2.05) is 18.2 Å². The fraction of sp³-hybridized carbons (Fsp3) is 0.625. The molecule has 1 aliphatic carbocycles. The third kappa shape index (κ3) is 2.57. The molecule has 3 rings (SSSR count). The van der Waals surface area contributed by atoms with Gasteiger partial charge in [-0.1, -0.05) is 19.3 Å². The summed E-state index contributed by atoms with van der Waals surface area (Å²) in [5.74, 6) is 2.50. The molecule has 1 aromatic carbocycles. The predicted molar refractivity (Wildman–Crippen MR) is 75.5 cm³/mol. The molecule has 3 nitrogen and oxygen atoms in total. The maximum atomic E-state index is 6.33. The topological polar surface area (TPSA) is 44.5 Å². The van der Waals surface area contributed by atoms with E-state index in [9.17, 15) is 0 Å². The lowest BCUT2D eigenvalue weighted by Crippen LogP contribution is -2.36. The lowest BCUT2D eigenvalue weighted by Gasteiger charge is -2.36. The van der Waals surface area contributed by atoms with E-state index < -0.39 is 0 Å². The number of hydrogen-bond donors (Lipinski definition) is 1. The van der Waals surface area contributed by atoms with Gasteiger partial charge in [0.25, 0.3) is 0 Å². The van der Waals surface area contributed by atoms with Crippen LogP contribution in [0.3, 0.4) is 0 Å². The quantitative estimate of drug-likeness (QED) is 0.887. The monoisotopic (exact) mass is 261 g/mol. The van der Waals surface area contributed by atoms with Crippen molar-refractivity contribution in [2.45, 2.75) is 50.7 Å². The van der Waals surface area contributed by atoms with Crippen molar-refractivity contribution in [2.75, 3.05) is 7.11 Å². The van der Waals surface area contributed by atoms with Crippen LogP contribution in [0.25, 0.3) is 0 Å². The summed E-state index contributed by atoms with van der Waals surface area (Å²) in [7, 11) is 1.68. The maximum Gasteiger partial charge on any atom is 0.124 e.